The fourth-order valence-electron chi connectivity index (χ4n) is 3.03. The van der Waals surface area contributed by atoms with E-state index < -0.39 is 42.0 Å². The molecule has 0 bridgehead atoms. The molecule has 0 aliphatic carbocycles. The molecule has 0 aromatic heterocycles. The summed E-state index contributed by atoms with van der Waals surface area (Å²) in [7, 11) is 0. The minimum Gasteiger partial charge on any atom is -0.480 e. The van der Waals surface area contributed by atoms with E-state index in [1.807, 2.05) is 12.5 Å². The van der Waals surface area contributed by atoms with Crippen molar-refractivity contribution in [3.8, 4) is 0 Å². The molecule has 1 aliphatic heterocycles. The molecular weight excluding hydrogens is 416 g/mol. The Balaban J connectivity index is 2.79. The van der Waals surface area contributed by atoms with E-state index in [2.05, 4.69) is 10.6 Å². The Morgan fingerprint density at radius 1 is 1.14 bits per heavy atom. The molecular formula is C18H32N4O5S2. The van der Waals surface area contributed by atoms with Crippen molar-refractivity contribution in [2.75, 3.05) is 30.6 Å². The molecule has 1 rings (SSSR count). The number of hydrogen-bond donors (Lipinski definition) is 4. The zero-order valence-electron chi connectivity index (χ0n) is 17.2. The summed E-state index contributed by atoms with van der Waals surface area (Å²) in [6, 6.07) is -3.23. The number of carbonyl (C=O) groups is 4. The highest BCUT2D eigenvalue weighted by Crippen LogP contribution is 2.19. The number of likely N-dealkylation sites (tertiary alicyclic amines) is 1. The molecule has 9 nitrogen and oxygen atoms in total. The van der Waals surface area contributed by atoms with Crippen molar-refractivity contribution in [3.05, 3.63) is 0 Å². The first-order chi connectivity index (χ1) is 13.7. The molecule has 1 fully saturated rings. The number of hydrogen-bond acceptors (Lipinski definition) is 7. The molecule has 0 aromatic carbocycles. The van der Waals surface area contributed by atoms with E-state index in [1.165, 1.54) is 23.6 Å². The van der Waals surface area contributed by atoms with Crippen molar-refractivity contribution in [1.82, 2.24) is 15.5 Å². The number of nitrogens with one attached hydrogen (secondary N) is 2. The van der Waals surface area contributed by atoms with Crippen LogP contribution in [0.15, 0.2) is 0 Å². The van der Waals surface area contributed by atoms with Gasteiger partial charge in [-0.1, -0.05) is 0 Å². The Kier molecular flexibility index (Phi) is 11.4. The van der Waals surface area contributed by atoms with E-state index in [0.717, 1.165) is 5.75 Å². The fourth-order valence-corrected chi connectivity index (χ4v) is 3.99. The van der Waals surface area contributed by atoms with Gasteiger partial charge in [0.1, 0.15) is 18.1 Å². The van der Waals surface area contributed by atoms with Crippen LogP contribution in [0.2, 0.25) is 0 Å². The molecule has 0 saturated carbocycles. The Morgan fingerprint density at radius 2 is 1.76 bits per heavy atom. The van der Waals surface area contributed by atoms with Crippen molar-refractivity contribution in [1.29, 1.82) is 0 Å². The lowest BCUT2D eigenvalue weighted by Crippen LogP contribution is -2.56. The molecule has 1 saturated heterocycles. The van der Waals surface area contributed by atoms with Gasteiger partial charge in [0.15, 0.2) is 0 Å². The maximum Gasteiger partial charge on any atom is 0.325 e. The Morgan fingerprint density at radius 3 is 2.34 bits per heavy atom. The third-order valence-electron chi connectivity index (χ3n) is 4.76. The number of nitrogens with two attached hydrogens (primary N) is 1. The maximum atomic E-state index is 12.8. The van der Waals surface area contributed by atoms with Gasteiger partial charge in [-0.3, -0.25) is 19.2 Å². The number of carboxylic acids is 1. The van der Waals surface area contributed by atoms with Crippen molar-refractivity contribution < 1.29 is 24.3 Å². The number of thioether (sulfide) groups is 2. The smallest absolute Gasteiger partial charge is 0.325 e. The molecule has 4 unspecified atom stereocenters. The quantitative estimate of drug-likeness (QED) is 0.324. The molecule has 0 radical (unpaired) electrons. The van der Waals surface area contributed by atoms with Crippen LogP contribution >= 0.6 is 23.5 Å². The van der Waals surface area contributed by atoms with Crippen molar-refractivity contribution in [2.45, 2.75) is 56.8 Å². The molecule has 11 heteroatoms. The average Bonchev–Trinajstić information content (AvgIpc) is 3.18. The highest BCUT2D eigenvalue weighted by molar-refractivity contribution is 7.98. The largest absolute Gasteiger partial charge is 0.480 e. The Hall–Kier alpha value is -1.46. The molecule has 0 aromatic rings. The Bertz CT molecular complexity index is 593. The second-order valence-corrected chi connectivity index (χ2v) is 8.96. The van der Waals surface area contributed by atoms with Crippen LogP contribution in [-0.4, -0.2) is 88.4 Å². The molecule has 5 N–H and O–H groups in total. The zero-order chi connectivity index (χ0) is 22.0. The van der Waals surface area contributed by atoms with E-state index in [9.17, 15) is 19.2 Å². The van der Waals surface area contributed by atoms with Gasteiger partial charge in [-0.2, -0.15) is 23.5 Å². The summed E-state index contributed by atoms with van der Waals surface area (Å²) >= 11 is 3.12. The van der Waals surface area contributed by atoms with Crippen LogP contribution in [0.1, 0.15) is 32.6 Å². The second kappa shape index (κ2) is 13.0. The number of nitrogens with zero attached hydrogens (tertiary/aromatic N) is 1. The number of carbonyl (C=O) groups excluding carboxylic acids is 3. The Labute approximate surface area is 180 Å². The third kappa shape index (κ3) is 8.06. The molecule has 29 heavy (non-hydrogen) atoms. The summed E-state index contributed by atoms with van der Waals surface area (Å²) in [5.41, 5.74) is 5.99. The summed E-state index contributed by atoms with van der Waals surface area (Å²) in [5, 5.41) is 14.1. The van der Waals surface area contributed by atoms with Crippen LogP contribution in [0.4, 0.5) is 0 Å². The van der Waals surface area contributed by atoms with Crippen LogP contribution < -0.4 is 16.4 Å². The lowest BCUT2D eigenvalue weighted by atomic mass is 10.1. The molecule has 166 valence electrons. The summed E-state index contributed by atoms with van der Waals surface area (Å²) in [4.78, 5) is 50.4. The van der Waals surface area contributed by atoms with Gasteiger partial charge < -0.3 is 26.4 Å². The first-order valence-electron chi connectivity index (χ1n) is 9.60. The maximum absolute atomic E-state index is 12.8. The van der Waals surface area contributed by atoms with Crippen molar-refractivity contribution in [3.63, 3.8) is 0 Å². The highest BCUT2D eigenvalue weighted by atomic mass is 32.2. The SMILES string of the molecule is CSCCC(N)C(=O)N1CCCC1C(=O)NC(CCSC)C(=O)NC(C)C(=O)O. The van der Waals surface area contributed by atoms with Gasteiger partial charge in [-0.15, -0.1) is 0 Å². The van der Waals surface area contributed by atoms with Gasteiger partial charge in [0, 0.05) is 6.54 Å². The summed E-state index contributed by atoms with van der Waals surface area (Å²) in [6.45, 7) is 1.82. The minimum atomic E-state index is -1.15. The lowest BCUT2D eigenvalue weighted by molar-refractivity contribution is -0.142. The molecule has 1 heterocycles. The van der Waals surface area contributed by atoms with E-state index in [1.54, 1.807) is 11.8 Å². The first-order valence-corrected chi connectivity index (χ1v) is 12.4. The predicted molar refractivity (Wildman–Crippen MR) is 116 cm³/mol. The van der Waals surface area contributed by atoms with Gasteiger partial charge in [0.2, 0.25) is 17.7 Å². The van der Waals surface area contributed by atoms with E-state index >= 15 is 0 Å². The molecule has 3 amide bonds. The van der Waals surface area contributed by atoms with E-state index in [-0.39, 0.29) is 5.91 Å². The number of amides is 3. The molecule has 4 atom stereocenters. The zero-order valence-corrected chi connectivity index (χ0v) is 18.8. The predicted octanol–water partition coefficient (Wildman–Crippen LogP) is -0.115. The molecule has 1 aliphatic rings. The highest BCUT2D eigenvalue weighted by Gasteiger charge is 2.37. The number of aliphatic carboxylic acids is 1. The van der Waals surface area contributed by atoms with Gasteiger partial charge in [-0.05, 0) is 56.6 Å². The summed E-state index contributed by atoms with van der Waals surface area (Å²) < 4.78 is 0. The first kappa shape index (κ1) is 25.6. The standard InChI is InChI=1S/C18H32N4O5S2/c1-11(18(26)27)20-15(23)13(7-10-29-3)21-16(24)14-5-4-8-22(14)17(25)12(19)6-9-28-2/h11-14H,4-10,19H2,1-3H3,(H,20,23)(H,21,24)(H,26,27). The average molecular weight is 449 g/mol. The van der Waals surface area contributed by atoms with E-state index in [0.29, 0.717) is 38.0 Å². The normalized spacial score (nSPS) is 19.3. The monoisotopic (exact) mass is 448 g/mol. The summed E-state index contributed by atoms with van der Waals surface area (Å²) in [6.07, 6.45) is 5.92. The topological polar surface area (TPSA) is 142 Å². The van der Waals surface area contributed by atoms with Gasteiger partial charge >= 0.3 is 5.97 Å². The lowest BCUT2D eigenvalue weighted by Gasteiger charge is -2.28. The van der Waals surface area contributed by atoms with E-state index in [4.69, 9.17) is 10.8 Å². The van der Waals surface area contributed by atoms with Crippen LogP contribution in [0.3, 0.4) is 0 Å². The minimum absolute atomic E-state index is 0.249. The third-order valence-corrected chi connectivity index (χ3v) is 6.05. The van der Waals surface area contributed by atoms with Gasteiger partial charge in [-0.25, -0.2) is 0 Å². The second-order valence-electron chi connectivity index (χ2n) is 6.99. The number of rotatable bonds is 12. The van der Waals surface area contributed by atoms with Crippen LogP contribution in [0.25, 0.3) is 0 Å². The van der Waals surface area contributed by atoms with Crippen LogP contribution in [-0.2, 0) is 19.2 Å². The van der Waals surface area contributed by atoms with Gasteiger partial charge in [0.25, 0.3) is 0 Å². The van der Waals surface area contributed by atoms with Crippen LogP contribution in [0.5, 0.6) is 0 Å². The number of carboxylic acid groups (broad SMARTS) is 1. The van der Waals surface area contributed by atoms with Crippen molar-refractivity contribution in [2.24, 2.45) is 5.73 Å². The fraction of sp³-hybridized carbons (Fsp3) is 0.778. The van der Waals surface area contributed by atoms with Crippen LogP contribution in [0, 0.1) is 0 Å². The van der Waals surface area contributed by atoms with Gasteiger partial charge in [0.05, 0.1) is 6.04 Å². The van der Waals surface area contributed by atoms with Crippen molar-refractivity contribution >= 4 is 47.2 Å². The molecule has 0 spiro atoms. The summed E-state index contributed by atoms with van der Waals surface area (Å²) in [5.74, 6) is -0.975.